The smallest absolute Gasteiger partial charge is 0.259 e. The number of piperidine rings is 1. The maximum atomic E-state index is 12.9. The molecule has 2 aliphatic heterocycles. The molecule has 0 N–H and O–H groups in total. The number of carbonyl (C=O) groups excluding carboxylic acids is 2. The normalized spacial score (nSPS) is 18.9. The molecule has 144 valence electrons. The first-order valence-corrected chi connectivity index (χ1v) is 9.56. The fraction of sp³-hybridized carbons (Fsp3) is 0.579. The number of nitrogens with zero attached hydrogens (tertiary/aromatic N) is 5. The van der Waals surface area contributed by atoms with Gasteiger partial charge in [-0.15, -0.1) is 0 Å². The molecule has 0 saturated carbocycles. The second-order valence-electron chi connectivity index (χ2n) is 7.39. The Morgan fingerprint density at radius 3 is 2.59 bits per heavy atom. The Morgan fingerprint density at radius 2 is 1.85 bits per heavy atom. The summed E-state index contributed by atoms with van der Waals surface area (Å²) >= 11 is 0. The minimum Gasteiger partial charge on any atom is -0.378 e. The molecule has 2 aromatic rings. The summed E-state index contributed by atoms with van der Waals surface area (Å²) in [6, 6.07) is 0. The minimum absolute atomic E-state index is 0.0284. The van der Waals surface area contributed by atoms with Crippen LogP contribution in [-0.4, -0.2) is 75.6 Å². The monoisotopic (exact) mass is 371 g/mol. The fourth-order valence-corrected chi connectivity index (χ4v) is 3.82. The Morgan fingerprint density at radius 1 is 1.11 bits per heavy atom. The van der Waals surface area contributed by atoms with Crippen LogP contribution in [0.4, 0.5) is 0 Å². The summed E-state index contributed by atoms with van der Waals surface area (Å²) in [5.41, 5.74) is 2.13. The highest BCUT2D eigenvalue weighted by Crippen LogP contribution is 2.23. The maximum absolute atomic E-state index is 12.9. The van der Waals surface area contributed by atoms with Crippen molar-refractivity contribution in [3.63, 3.8) is 0 Å². The van der Waals surface area contributed by atoms with Crippen LogP contribution in [0, 0.1) is 12.8 Å². The van der Waals surface area contributed by atoms with E-state index in [9.17, 15) is 9.59 Å². The largest absolute Gasteiger partial charge is 0.378 e. The maximum Gasteiger partial charge on any atom is 0.259 e. The van der Waals surface area contributed by atoms with Gasteiger partial charge in [-0.1, -0.05) is 0 Å². The summed E-state index contributed by atoms with van der Waals surface area (Å²) in [7, 11) is 0. The van der Waals surface area contributed by atoms with Gasteiger partial charge in [-0.25, -0.2) is 9.50 Å². The zero-order valence-corrected chi connectivity index (χ0v) is 15.6. The van der Waals surface area contributed by atoms with Crippen LogP contribution in [-0.2, 0) is 9.53 Å². The number of hydrogen-bond donors (Lipinski definition) is 0. The third-order valence-electron chi connectivity index (χ3n) is 5.44. The Balaban J connectivity index is 1.34. The molecule has 0 radical (unpaired) electrons. The van der Waals surface area contributed by atoms with E-state index in [1.807, 2.05) is 22.9 Å². The number of morpholine rings is 1. The van der Waals surface area contributed by atoms with E-state index < -0.39 is 0 Å². The van der Waals surface area contributed by atoms with Gasteiger partial charge < -0.3 is 14.5 Å². The number of rotatable bonds is 3. The summed E-state index contributed by atoms with van der Waals surface area (Å²) < 4.78 is 6.95. The SMILES string of the molecule is Cc1cnc2c(C(=O)N3CCC(CC(=O)N4CCOCC4)CC3)cnn2c1. The van der Waals surface area contributed by atoms with E-state index in [-0.39, 0.29) is 11.8 Å². The van der Waals surface area contributed by atoms with E-state index in [0.29, 0.717) is 62.9 Å². The number of hydrogen-bond acceptors (Lipinski definition) is 5. The van der Waals surface area contributed by atoms with Crippen LogP contribution >= 0.6 is 0 Å². The number of likely N-dealkylation sites (tertiary alicyclic amines) is 1. The number of aryl methyl sites for hydroxylation is 1. The summed E-state index contributed by atoms with van der Waals surface area (Å²) in [6.07, 6.45) is 7.48. The number of amides is 2. The fourth-order valence-electron chi connectivity index (χ4n) is 3.82. The van der Waals surface area contributed by atoms with Gasteiger partial charge in [-0.3, -0.25) is 9.59 Å². The van der Waals surface area contributed by atoms with Crippen molar-refractivity contribution in [2.75, 3.05) is 39.4 Å². The van der Waals surface area contributed by atoms with E-state index in [0.717, 1.165) is 18.4 Å². The highest BCUT2D eigenvalue weighted by Gasteiger charge is 2.28. The van der Waals surface area contributed by atoms with Gasteiger partial charge in [0, 0.05) is 45.0 Å². The van der Waals surface area contributed by atoms with Gasteiger partial charge in [0.1, 0.15) is 5.56 Å². The Bertz CT molecular complexity index is 835. The molecule has 2 aliphatic rings. The molecule has 0 unspecified atom stereocenters. The van der Waals surface area contributed by atoms with E-state index in [1.54, 1.807) is 16.9 Å². The van der Waals surface area contributed by atoms with Crippen molar-refractivity contribution in [1.82, 2.24) is 24.4 Å². The molecule has 2 fully saturated rings. The second kappa shape index (κ2) is 7.64. The number of aromatic nitrogens is 3. The van der Waals surface area contributed by atoms with Crippen LogP contribution in [0.2, 0.25) is 0 Å². The average molecular weight is 371 g/mol. The lowest BCUT2D eigenvalue weighted by molar-refractivity contribution is -0.136. The molecular weight excluding hydrogens is 346 g/mol. The van der Waals surface area contributed by atoms with Gasteiger partial charge >= 0.3 is 0 Å². The molecule has 8 heteroatoms. The highest BCUT2D eigenvalue weighted by atomic mass is 16.5. The van der Waals surface area contributed by atoms with E-state index in [1.165, 1.54) is 0 Å². The van der Waals surface area contributed by atoms with Gasteiger partial charge in [0.2, 0.25) is 5.91 Å². The first-order valence-electron chi connectivity index (χ1n) is 9.56. The van der Waals surface area contributed by atoms with Crippen LogP contribution in [0.5, 0.6) is 0 Å². The quantitative estimate of drug-likeness (QED) is 0.808. The molecule has 2 aromatic heterocycles. The van der Waals surface area contributed by atoms with E-state index in [2.05, 4.69) is 10.1 Å². The lowest BCUT2D eigenvalue weighted by Crippen LogP contribution is -2.43. The molecule has 4 rings (SSSR count). The lowest BCUT2D eigenvalue weighted by Gasteiger charge is -2.33. The van der Waals surface area contributed by atoms with Crippen LogP contribution in [0.3, 0.4) is 0 Å². The first-order chi connectivity index (χ1) is 13.1. The Labute approximate surface area is 158 Å². The van der Waals surface area contributed by atoms with Gasteiger partial charge in [0.25, 0.3) is 5.91 Å². The van der Waals surface area contributed by atoms with Crippen molar-refractivity contribution in [2.24, 2.45) is 5.92 Å². The highest BCUT2D eigenvalue weighted by molar-refractivity contribution is 5.99. The predicted octanol–water partition coefficient (Wildman–Crippen LogP) is 1.14. The lowest BCUT2D eigenvalue weighted by atomic mass is 9.92. The molecule has 0 aliphatic carbocycles. The van der Waals surface area contributed by atoms with Crippen LogP contribution in [0.25, 0.3) is 5.65 Å². The van der Waals surface area contributed by atoms with Crippen molar-refractivity contribution < 1.29 is 14.3 Å². The zero-order chi connectivity index (χ0) is 18.8. The predicted molar refractivity (Wildman–Crippen MR) is 98.4 cm³/mol. The second-order valence-corrected chi connectivity index (χ2v) is 7.39. The molecular formula is C19H25N5O3. The van der Waals surface area contributed by atoms with Crippen molar-refractivity contribution in [3.8, 4) is 0 Å². The van der Waals surface area contributed by atoms with Crippen LogP contribution in [0.15, 0.2) is 18.6 Å². The van der Waals surface area contributed by atoms with Gasteiger partial charge in [0.15, 0.2) is 5.65 Å². The number of fused-ring (bicyclic) bond motifs is 1. The van der Waals surface area contributed by atoms with Crippen LogP contribution in [0.1, 0.15) is 35.2 Å². The molecule has 4 heterocycles. The van der Waals surface area contributed by atoms with Crippen molar-refractivity contribution in [1.29, 1.82) is 0 Å². The molecule has 0 bridgehead atoms. The zero-order valence-electron chi connectivity index (χ0n) is 15.6. The van der Waals surface area contributed by atoms with Gasteiger partial charge in [0.05, 0.1) is 19.4 Å². The molecule has 0 atom stereocenters. The third-order valence-corrected chi connectivity index (χ3v) is 5.44. The molecule has 27 heavy (non-hydrogen) atoms. The minimum atomic E-state index is -0.0284. The molecule has 0 aromatic carbocycles. The Kier molecular flexibility index (Phi) is 5.07. The van der Waals surface area contributed by atoms with Gasteiger partial charge in [-0.2, -0.15) is 5.10 Å². The Hall–Kier alpha value is -2.48. The van der Waals surface area contributed by atoms with E-state index in [4.69, 9.17) is 4.74 Å². The summed E-state index contributed by atoms with van der Waals surface area (Å²) in [5, 5.41) is 4.25. The molecule has 2 amide bonds. The standard InChI is InChI=1S/C19H25N5O3/c1-14-11-20-18-16(12-21-24(18)13-14)19(26)23-4-2-15(3-5-23)10-17(25)22-6-8-27-9-7-22/h11-13,15H,2-10H2,1H3. The number of ether oxygens (including phenoxy) is 1. The van der Waals surface area contributed by atoms with Crippen molar-refractivity contribution >= 4 is 17.5 Å². The molecule has 8 nitrogen and oxygen atoms in total. The van der Waals surface area contributed by atoms with Crippen molar-refractivity contribution in [3.05, 3.63) is 29.7 Å². The number of carbonyl (C=O) groups is 2. The molecule has 2 saturated heterocycles. The van der Waals surface area contributed by atoms with E-state index >= 15 is 0 Å². The third kappa shape index (κ3) is 3.80. The first kappa shape index (κ1) is 17.9. The summed E-state index contributed by atoms with van der Waals surface area (Å²) in [6.45, 7) is 5.93. The average Bonchev–Trinajstić information content (AvgIpc) is 3.11. The van der Waals surface area contributed by atoms with Crippen molar-refractivity contribution in [2.45, 2.75) is 26.2 Å². The topological polar surface area (TPSA) is 80.0 Å². The summed E-state index contributed by atoms with van der Waals surface area (Å²) in [4.78, 5) is 33.4. The molecule has 0 spiro atoms. The van der Waals surface area contributed by atoms with Crippen LogP contribution < -0.4 is 0 Å². The van der Waals surface area contributed by atoms with Gasteiger partial charge in [-0.05, 0) is 31.2 Å². The summed E-state index contributed by atoms with van der Waals surface area (Å²) in [5.74, 6) is 0.527.